The Bertz CT molecular complexity index is 835. The number of pyridine rings is 1. The number of nitriles is 2. The summed E-state index contributed by atoms with van der Waals surface area (Å²) < 4.78 is 0. The maximum atomic E-state index is 12.8. The Morgan fingerprint density at radius 2 is 1.88 bits per heavy atom. The highest BCUT2D eigenvalue weighted by atomic mass is 32.2. The quantitative estimate of drug-likeness (QED) is 0.861. The van der Waals surface area contributed by atoms with Gasteiger partial charge >= 0.3 is 0 Å². The van der Waals surface area contributed by atoms with Crippen molar-refractivity contribution in [3.05, 3.63) is 53.7 Å². The number of rotatable bonds is 3. The van der Waals surface area contributed by atoms with Crippen LogP contribution in [0.4, 0.5) is 5.69 Å². The summed E-state index contributed by atoms with van der Waals surface area (Å²) in [6.45, 7) is 0.674. The zero-order chi connectivity index (χ0) is 16.9. The Hall–Kier alpha value is -2.83. The second kappa shape index (κ2) is 7.16. The summed E-state index contributed by atoms with van der Waals surface area (Å²) in [5, 5.41) is 18.3. The molecule has 1 saturated heterocycles. The fourth-order valence-corrected chi connectivity index (χ4v) is 3.73. The molecular formula is C18H14N4OS. The molecular weight excluding hydrogens is 320 g/mol. The molecule has 3 rings (SSSR count). The number of piperidine rings is 1. The summed E-state index contributed by atoms with van der Waals surface area (Å²) in [5.74, 6) is 0.0418. The highest BCUT2D eigenvalue weighted by molar-refractivity contribution is 8.00. The molecule has 1 atom stereocenters. The van der Waals surface area contributed by atoms with E-state index < -0.39 is 0 Å². The summed E-state index contributed by atoms with van der Waals surface area (Å²) in [6, 6.07) is 14.6. The Morgan fingerprint density at radius 3 is 2.58 bits per heavy atom. The Morgan fingerprint density at radius 1 is 1.12 bits per heavy atom. The number of anilines is 1. The molecule has 5 nitrogen and oxygen atoms in total. The van der Waals surface area contributed by atoms with Crippen LogP contribution < -0.4 is 4.90 Å². The second-order valence-corrected chi connectivity index (χ2v) is 6.61. The summed E-state index contributed by atoms with van der Waals surface area (Å²) >= 11 is 1.40. The van der Waals surface area contributed by atoms with Gasteiger partial charge < -0.3 is 4.90 Å². The van der Waals surface area contributed by atoms with Gasteiger partial charge in [0, 0.05) is 18.4 Å². The molecule has 0 radical (unpaired) electrons. The molecule has 1 aromatic carbocycles. The van der Waals surface area contributed by atoms with Crippen LogP contribution in [0, 0.1) is 22.7 Å². The summed E-state index contributed by atoms with van der Waals surface area (Å²) in [5.41, 5.74) is 1.93. The number of benzene rings is 1. The first-order chi connectivity index (χ1) is 11.7. The van der Waals surface area contributed by atoms with Gasteiger partial charge in [-0.25, -0.2) is 4.98 Å². The molecule has 2 aromatic rings. The molecule has 2 heterocycles. The highest BCUT2D eigenvalue weighted by Gasteiger charge is 2.30. The van der Waals surface area contributed by atoms with Crippen molar-refractivity contribution in [2.45, 2.75) is 23.1 Å². The maximum Gasteiger partial charge on any atom is 0.240 e. The van der Waals surface area contributed by atoms with Crippen molar-refractivity contribution in [1.82, 2.24) is 4.98 Å². The predicted molar refractivity (Wildman–Crippen MR) is 91.3 cm³/mol. The molecule has 118 valence electrons. The van der Waals surface area contributed by atoms with E-state index in [9.17, 15) is 4.79 Å². The molecule has 1 aromatic heterocycles. The van der Waals surface area contributed by atoms with Crippen molar-refractivity contribution in [1.29, 1.82) is 10.5 Å². The number of carbonyl (C=O) groups excluding carboxylic acids is 1. The van der Waals surface area contributed by atoms with Gasteiger partial charge in [-0.15, -0.1) is 0 Å². The van der Waals surface area contributed by atoms with Crippen LogP contribution >= 0.6 is 11.8 Å². The Balaban J connectivity index is 1.77. The lowest BCUT2D eigenvalue weighted by atomic mass is 10.1. The van der Waals surface area contributed by atoms with Gasteiger partial charge in [0.15, 0.2) is 0 Å². The van der Waals surface area contributed by atoms with Crippen molar-refractivity contribution < 1.29 is 4.79 Å². The molecule has 1 aliphatic rings. The smallest absolute Gasteiger partial charge is 0.240 e. The third-order valence-corrected chi connectivity index (χ3v) is 5.01. The minimum atomic E-state index is -0.212. The van der Waals surface area contributed by atoms with E-state index in [-0.39, 0.29) is 11.2 Å². The lowest BCUT2D eigenvalue weighted by Crippen LogP contribution is -2.43. The highest BCUT2D eigenvalue weighted by Crippen LogP contribution is 2.31. The molecule has 0 bridgehead atoms. The van der Waals surface area contributed by atoms with Gasteiger partial charge in [0.1, 0.15) is 0 Å². The monoisotopic (exact) mass is 334 g/mol. The number of aromatic nitrogens is 1. The minimum absolute atomic E-state index is 0.0418. The fraction of sp³-hybridized carbons (Fsp3) is 0.222. The van der Waals surface area contributed by atoms with Crippen LogP contribution in [0.2, 0.25) is 0 Å². The molecule has 1 unspecified atom stereocenters. The van der Waals surface area contributed by atoms with Crippen LogP contribution in [-0.2, 0) is 4.79 Å². The van der Waals surface area contributed by atoms with Crippen molar-refractivity contribution in [3.63, 3.8) is 0 Å². The van der Waals surface area contributed by atoms with E-state index >= 15 is 0 Å². The SMILES string of the molecule is N#Cc1ccc(N2CCCC(Sc3cc(C#N)ccn3)C2=O)cc1. The van der Waals surface area contributed by atoms with E-state index in [0.717, 1.165) is 18.5 Å². The van der Waals surface area contributed by atoms with E-state index in [1.54, 1.807) is 47.5 Å². The third kappa shape index (κ3) is 3.40. The van der Waals surface area contributed by atoms with Crippen LogP contribution in [0.5, 0.6) is 0 Å². The first-order valence-electron chi connectivity index (χ1n) is 7.55. The summed E-state index contributed by atoms with van der Waals surface area (Å²) in [6.07, 6.45) is 3.28. The molecule has 0 aliphatic carbocycles. The average molecular weight is 334 g/mol. The van der Waals surface area contributed by atoms with Gasteiger partial charge in [0.25, 0.3) is 0 Å². The fourth-order valence-electron chi connectivity index (χ4n) is 2.61. The number of amides is 1. The first-order valence-corrected chi connectivity index (χ1v) is 8.43. The van der Waals surface area contributed by atoms with Gasteiger partial charge in [-0.05, 0) is 49.2 Å². The normalized spacial score (nSPS) is 17.2. The summed E-state index contributed by atoms with van der Waals surface area (Å²) in [7, 11) is 0. The van der Waals surface area contributed by atoms with Crippen molar-refractivity contribution in [2.24, 2.45) is 0 Å². The zero-order valence-electron chi connectivity index (χ0n) is 12.8. The van der Waals surface area contributed by atoms with Crippen molar-refractivity contribution in [2.75, 3.05) is 11.4 Å². The number of hydrogen-bond acceptors (Lipinski definition) is 5. The van der Waals surface area contributed by atoms with Crippen LogP contribution in [0.15, 0.2) is 47.6 Å². The number of nitrogens with zero attached hydrogens (tertiary/aromatic N) is 4. The van der Waals surface area contributed by atoms with E-state index in [4.69, 9.17) is 10.5 Å². The molecule has 1 amide bonds. The first kappa shape index (κ1) is 16.0. The van der Waals surface area contributed by atoms with Crippen molar-refractivity contribution >= 4 is 23.4 Å². The molecule has 1 fully saturated rings. The van der Waals surface area contributed by atoms with Gasteiger partial charge in [-0.1, -0.05) is 11.8 Å². The summed E-state index contributed by atoms with van der Waals surface area (Å²) in [4.78, 5) is 18.8. The average Bonchev–Trinajstić information content (AvgIpc) is 2.64. The van der Waals surface area contributed by atoms with Crippen LogP contribution in [0.1, 0.15) is 24.0 Å². The zero-order valence-corrected chi connectivity index (χ0v) is 13.7. The Kier molecular flexibility index (Phi) is 4.79. The van der Waals surface area contributed by atoms with E-state index in [2.05, 4.69) is 17.1 Å². The number of carbonyl (C=O) groups is 1. The predicted octanol–water partition coefficient (Wildman–Crippen LogP) is 3.11. The lowest BCUT2D eigenvalue weighted by Gasteiger charge is -2.31. The van der Waals surface area contributed by atoms with E-state index in [1.807, 2.05) is 0 Å². The Labute approximate surface area is 144 Å². The third-order valence-electron chi connectivity index (χ3n) is 3.82. The second-order valence-electron chi connectivity index (χ2n) is 5.39. The van der Waals surface area contributed by atoms with Crippen LogP contribution in [0.25, 0.3) is 0 Å². The molecule has 6 heteroatoms. The topological polar surface area (TPSA) is 80.8 Å². The van der Waals surface area contributed by atoms with Gasteiger partial charge in [-0.3, -0.25) is 4.79 Å². The standard InChI is InChI=1S/C18H14N4OS/c19-11-13-3-5-15(6-4-13)22-9-1-2-16(18(22)23)24-17-10-14(12-20)7-8-21-17/h3-8,10,16H,1-2,9H2. The molecule has 1 aliphatic heterocycles. The van der Waals surface area contributed by atoms with Gasteiger partial charge in [0.05, 0.1) is 33.5 Å². The lowest BCUT2D eigenvalue weighted by molar-refractivity contribution is -0.119. The van der Waals surface area contributed by atoms with Crippen LogP contribution in [-0.4, -0.2) is 22.7 Å². The molecule has 0 saturated carbocycles. The van der Waals surface area contributed by atoms with Crippen LogP contribution in [0.3, 0.4) is 0 Å². The van der Waals surface area contributed by atoms with Crippen molar-refractivity contribution in [3.8, 4) is 12.1 Å². The van der Waals surface area contributed by atoms with Gasteiger partial charge in [0.2, 0.25) is 5.91 Å². The van der Waals surface area contributed by atoms with E-state index in [1.165, 1.54) is 11.8 Å². The number of thioether (sulfide) groups is 1. The molecule has 24 heavy (non-hydrogen) atoms. The maximum absolute atomic E-state index is 12.8. The molecule has 0 spiro atoms. The molecule has 0 N–H and O–H groups in total. The minimum Gasteiger partial charge on any atom is -0.311 e. The van der Waals surface area contributed by atoms with Gasteiger partial charge in [-0.2, -0.15) is 10.5 Å². The van der Waals surface area contributed by atoms with E-state index in [0.29, 0.717) is 22.7 Å². The largest absolute Gasteiger partial charge is 0.311 e. The number of hydrogen-bond donors (Lipinski definition) is 0.